The second kappa shape index (κ2) is 14.9. The Kier molecular flexibility index (Phi) is 11.6. The summed E-state index contributed by atoms with van der Waals surface area (Å²) in [4.78, 5) is 32.9. The number of nitrogens with zero attached hydrogens (tertiary/aromatic N) is 3. The third-order valence-electron chi connectivity index (χ3n) is 5.50. The number of hydrogen-bond acceptors (Lipinski definition) is 9. The van der Waals surface area contributed by atoms with E-state index in [9.17, 15) is 35.2 Å². The molecule has 4 rings (SSSR count). The van der Waals surface area contributed by atoms with Crippen LogP contribution in [0.25, 0.3) is 21.8 Å². The minimum Gasteiger partial charge on any atom is -0.475 e. The predicted octanol–water partition coefficient (Wildman–Crippen LogP) is 5.13. The van der Waals surface area contributed by atoms with E-state index in [0.717, 1.165) is 18.2 Å². The maximum absolute atomic E-state index is 15.8. The predicted molar refractivity (Wildman–Crippen MR) is 156 cm³/mol. The van der Waals surface area contributed by atoms with Crippen LogP contribution in [0.1, 0.15) is 11.4 Å². The summed E-state index contributed by atoms with van der Waals surface area (Å²) in [6, 6.07) is 7.39. The van der Waals surface area contributed by atoms with Crippen molar-refractivity contribution in [2.45, 2.75) is 23.9 Å². The first-order chi connectivity index (χ1) is 21.6. The van der Waals surface area contributed by atoms with Gasteiger partial charge in [-0.1, -0.05) is 12.6 Å². The number of carboxylic acids is 1. The third-order valence-corrected chi connectivity index (χ3v) is 8.02. The van der Waals surface area contributed by atoms with Gasteiger partial charge in [0.05, 0.1) is 27.0 Å². The highest BCUT2D eigenvalue weighted by molar-refractivity contribution is 7.92. The second-order valence-electron chi connectivity index (χ2n) is 8.79. The lowest BCUT2D eigenvalue weighted by molar-refractivity contribution is -0.192. The number of aliphatic carboxylic acids is 1. The Morgan fingerprint density at radius 1 is 1.09 bits per heavy atom. The van der Waals surface area contributed by atoms with E-state index in [0.29, 0.717) is 47.1 Å². The molecule has 0 radical (unpaired) electrons. The molecule has 2 aromatic heterocycles. The first kappa shape index (κ1) is 35.6. The lowest BCUT2D eigenvalue weighted by Crippen LogP contribution is -2.21. The number of carbonyl (C=O) groups is 2. The van der Waals surface area contributed by atoms with Crippen LogP contribution < -0.4 is 15.8 Å². The fourth-order valence-electron chi connectivity index (χ4n) is 3.46. The molecular formula is C27H22F6N6O5S2. The second-order valence-corrected chi connectivity index (χ2v) is 11.5. The van der Waals surface area contributed by atoms with Crippen molar-refractivity contribution in [2.75, 3.05) is 16.6 Å². The van der Waals surface area contributed by atoms with Crippen LogP contribution in [0.5, 0.6) is 0 Å². The number of hydrogen-bond donors (Lipinski definition) is 4. The fraction of sp³-hybridized carbons (Fsp3) is 0.148. The fourth-order valence-corrected chi connectivity index (χ4v) is 5.70. The van der Waals surface area contributed by atoms with E-state index in [1.54, 1.807) is 6.07 Å². The van der Waals surface area contributed by atoms with Crippen molar-refractivity contribution in [3.8, 4) is 21.8 Å². The summed E-state index contributed by atoms with van der Waals surface area (Å²) in [5, 5.41) is 10.2. The van der Waals surface area contributed by atoms with Crippen LogP contribution in [0.2, 0.25) is 0 Å². The van der Waals surface area contributed by atoms with Gasteiger partial charge in [0.2, 0.25) is 11.9 Å². The molecule has 0 fully saturated rings. The largest absolute Gasteiger partial charge is 0.490 e. The summed E-state index contributed by atoms with van der Waals surface area (Å²) in [7, 11) is -4.68. The topological polar surface area (TPSA) is 177 Å². The van der Waals surface area contributed by atoms with Gasteiger partial charge in [-0.15, -0.1) is 11.3 Å². The van der Waals surface area contributed by atoms with Gasteiger partial charge in [0.15, 0.2) is 5.82 Å². The number of carbonyl (C=O) groups excluding carboxylic acids is 1. The zero-order chi connectivity index (χ0) is 34.2. The first-order valence-electron chi connectivity index (χ1n) is 12.6. The van der Waals surface area contributed by atoms with Gasteiger partial charge in [-0.25, -0.2) is 41.3 Å². The quantitative estimate of drug-likeness (QED) is 0.130. The number of thiazole rings is 1. The molecule has 0 aliphatic carbocycles. The average Bonchev–Trinajstić information content (AvgIpc) is 3.42. The van der Waals surface area contributed by atoms with Crippen LogP contribution in [-0.2, 0) is 26.0 Å². The van der Waals surface area contributed by atoms with E-state index in [1.807, 2.05) is 4.72 Å². The summed E-state index contributed by atoms with van der Waals surface area (Å²) < 4.78 is 103. The summed E-state index contributed by atoms with van der Waals surface area (Å²) in [6.45, 7) is 3.78. The Bertz CT molecular complexity index is 1870. The number of nitrogens with two attached hydrogens (primary N) is 1. The van der Waals surface area contributed by atoms with Crippen LogP contribution in [0.3, 0.4) is 0 Å². The zero-order valence-electron chi connectivity index (χ0n) is 23.1. The standard InChI is InChI=1S/C25H21F3N6O3S2.C2HF3O2/c1-2-20(35)32-25-30-12-10-18(31-25)24-23(33-21(38-24)7-4-11-29)15-5-3-6-17(22(15)28)34-39(36,37)19-13-14(26)8-9-16(19)27;3-2(4,5)1(6)7/h2-3,5-6,8-10,12-13,34H,1,4,7,11,29H2,(H,30,31,32,35);(H,6,7). The molecular weight excluding hydrogens is 666 g/mol. The molecule has 0 aliphatic heterocycles. The van der Waals surface area contributed by atoms with Gasteiger partial charge in [0.25, 0.3) is 10.0 Å². The highest BCUT2D eigenvalue weighted by Crippen LogP contribution is 2.39. The number of nitrogens with one attached hydrogen (secondary N) is 2. The van der Waals surface area contributed by atoms with Gasteiger partial charge in [0.1, 0.15) is 16.5 Å². The van der Waals surface area contributed by atoms with Crippen LogP contribution in [-0.4, -0.2) is 53.1 Å². The molecule has 2 heterocycles. The number of anilines is 2. The molecule has 5 N–H and O–H groups in total. The van der Waals surface area contributed by atoms with Crippen molar-refractivity contribution in [3.05, 3.63) is 83.8 Å². The molecule has 4 aromatic rings. The van der Waals surface area contributed by atoms with Crippen LogP contribution >= 0.6 is 11.3 Å². The number of rotatable bonds is 10. The molecule has 0 saturated heterocycles. The molecule has 0 spiro atoms. The lowest BCUT2D eigenvalue weighted by atomic mass is 10.1. The Morgan fingerprint density at radius 3 is 2.41 bits per heavy atom. The Hall–Kier alpha value is -4.88. The van der Waals surface area contributed by atoms with E-state index < -0.39 is 56.1 Å². The summed E-state index contributed by atoms with van der Waals surface area (Å²) in [5.41, 5.74) is 5.53. The van der Waals surface area contributed by atoms with Gasteiger partial charge >= 0.3 is 12.1 Å². The van der Waals surface area contributed by atoms with E-state index in [4.69, 9.17) is 15.6 Å². The SMILES string of the molecule is C=CC(=O)Nc1nccc(-c2sc(CCCN)nc2-c2cccc(NS(=O)(=O)c3cc(F)ccc3F)c2F)n1.O=C(O)C(F)(F)F. The lowest BCUT2D eigenvalue weighted by Gasteiger charge is -2.12. The molecule has 0 aliphatic rings. The molecule has 244 valence electrons. The van der Waals surface area contributed by atoms with E-state index >= 15 is 4.39 Å². The number of amides is 1. The van der Waals surface area contributed by atoms with Crippen LogP contribution in [0.15, 0.2) is 66.2 Å². The van der Waals surface area contributed by atoms with Crippen molar-refractivity contribution in [2.24, 2.45) is 5.73 Å². The smallest absolute Gasteiger partial charge is 0.475 e. The van der Waals surface area contributed by atoms with Gasteiger partial charge < -0.3 is 10.8 Å². The summed E-state index contributed by atoms with van der Waals surface area (Å²) >= 11 is 1.22. The number of halogens is 6. The number of aromatic nitrogens is 3. The van der Waals surface area contributed by atoms with Crippen molar-refractivity contribution < 1.29 is 49.5 Å². The van der Waals surface area contributed by atoms with E-state index in [-0.39, 0.29) is 17.2 Å². The van der Waals surface area contributed by atoms with Gasteiger partial charge in [-0.05, 0) is 55.4 Å². The molecule has 19 heteroatoms. The molecule has 0 unspecified atom stereocenters. The highest BCUT2D eigenvalue weighted by atomic mass is 32.2. The molecule has 11 nitrogen and oxygen atoms in total. The number of carboxylic acid groups (broad SMARTS) is 1. The van der Waals surface area contributed by atoms with Gasteiger partial charge in [-0.2, -0.15) is 13.2 Å². The van der Waals surface area contributed by atoms with Crippen molar-refractivity contribution in [1.29, 1.82) is 0 Å². The van der Waals surface area contributed by atoms with Crippen LogP contribution in [0.4, 0.5) is 38.0 Å². The Morgan fingerprint density at radius 2 is 1.78 bits per heavy atom. The minimum atomic E-state index is -5.08. The van der Waals surface area contributed by atoms with Gasteiger partial charge in [-0.3, -0.25) is 14.8 Å². The molecule has 46 heavy (non-hydrogen) atoms. The minimum absolute atomic E-state index is 0.0145. The molecule has 1 amide bonds. The van der Waals surface area contributed by atoms with E-state index in [1.165, 1.54) is 29.7 Å². The normalized spacial score (nSPS) is 11.3. The monoisotopic (exact) mass is 688 g/mol. The number of aryl methyl sites for hydroxylation is 1. The average molecular weight is 689 g/mol. The maximum Gasteiger partial charge on any atom is 0.490 e. The Balaban J connectivity index is 0.000000738. The van der Waals surface area contributed by atoms with Crippen molar-refractivity contribution in [1.82, 2.24) is 15.0 Å². The summed E-state index contributed by atoms with van der Waals surface area (Å²) in [6.07, 6.45) is -1.53. The van der Waals surface area contributed by atoms with E-state index in [2.05, 4.69) is 26.8 Å². The Labute approximate surface area is 260 Å². The molecule has 0 atom stereocenters. The maximum atomic E-state index is 15.8. The molecule has 2 aromatic carbocycles. The highest BCUT2D eigenvalue weighted by Gasteiger charge is 2.38. The van der Waals surface area contributed by atoms with Crippen molar-refractivity contribution >= 4 is 44.9 Å². The third kappa shape index (κ3) is 9.08. The van der Waals surface area contributed by atoms with Crippen molar-refractivity contribution in [3.63, 3.8) is 0 Å². The molecule has 0 bridgehead atoms. The van der Waals surface area contributed by atoms with Gasteiger partial charge in [0, 0.05) is 18.2 Å². The van der Waals surface area contributed by atoms with Crippen LogP contribution in [0, 0.1) is 17.5 Å². The number of sulfonamides is 1. The number of alkyl halides is 3. The molecule has 0 saturated carbocycles. The summed E-state index contributed by atoms with van der Waals surface area (Å²) in [5.74, 6) is -6.47. The number of benzene rings is 2. The zero-order valence-corrected chi connectivity index (χ0v) is 24.7. The first-order valence-corrected chi connectivity index (χ1v) is 14.9.